The van der Waals surface area contributed by atoms with Crippen molar-refractivity contribution in [3.63, 3.8) is 0 Å². The van der Waals surface area contributed by atoms with E-state index >= 15 is 0 Å². The van der Waals surface area contributed by atoms with E-state index in [1.807, 2.05) is 48.5 Å². The highest BCUT2D eigenvalue weighted by Gasteiger charge is 2.54. The van der Waals surface area contributed by atoms with Gasteiger partial charge in [-0.3, -0.25) is 14.4 Å². The number of para-hydroxylation sites is 1. The van der Waals surface area contributed by atoms with Gasteiger partial charge in [-0.25, -0.2) is 0 Å². The first kappa shape index (κ1) is 22.8. The number of fused-ring (bicyclic) bond motifs is 2. The van der Waals surface area contributed by atoms with E-state index in [2.05, 4.69) is 5.32 Å². The summed E-state index contributed by atoms with van der Waals surface area (Å²) >= 11 is 0. The van der Waals surface area contributed by atoms with Gasteiger partial charge in [0.15, 0.2) is 12.4 Å². The molecule has 0 spiro atoms. The fourth-order valence-corrected chi connectivity index (χ4v) is 5.46. The predicted octanol–water partition coefficient (Wildman–Crippen LogP) is 5.51. The number of anilines is 1. The van der Waals surface area contributed by atoms with Gasteiger partial charge >= 0.3 is 5.97 Å². The molecule has 0 saturated heterocycles. The summed E-state index contributed by atoms with van der Waals surface area (Å²) < 4.78 is 11.2. The molecule has 35 heavy (non-hydrogen) atoms. The normalized spacial score (nSPS) is 22.4. The summed E-state index contributed by atoms with van der Waals surface area (Å²) in [6, 6.07) is 25.5. The summed E-state index contributed by atoms with van der Waals surface area (Å²) in [5, 5.41) is 2.73. The quantitative estimate of drug-likeness (QED) is 0.348. The van der Waals surface area contributed by atoms with Crippen molar-refractivity contribution in [3.05, 3.63) is 90.5 Å². The Balaban J connectivity index is 1.16. The minimum atomic E-state index is -0.483. The number of nitrogens with one attached hydrogen (secondary N) is 1. The van der Waals surface area contributed by atoms with E-state index in [1.54, 1.807) is 36.4 Å². The number of carbonyl (C=O) groups is 3. The first-order valence-electron chi connectivity index (χ1n) is 12.0. The Kier molecular flexibility index (Phi) is 6.62. The Labute approximate surface area is 204 Å². The van der Waals surface area contributed by atoms with Crippen LogP contribution < -0.4 is 10.1 Å². The number of benzene rings is 3. The van der Waals surface area contributed by atoms with Crippen molar-refractivity contribution in [1.82, 2.24) is 0 Å². The second kappa shape index (κ2) is 10.1. The number of rotatable bonds is 8. The van der Waals surface area contributed by atoms with Crippen LogP contribution in [0.15, 0.2) is 84.9 Å². The van der Waals surface area contributed by atoms with Gasteiger partial charge in [0.25, 0.3) is 5.91 Å². The number of Topliss-reactive ketones (excluding diaryl/α,β-unsaturated/α-hetero) is 1. The Morgan fingerprint density at radius 1 is 0.743 bits per heavy atom. The van der Waals surface area contributed by atoms with Crippen molar-refractivity contribution in [2.45, 2.75) is 19.3 Å². The lowest BCUT2D eigenvalue weighted by molar-refractivity contribution is -0.154. The predicted molar refractivity (Wildman–Crippen MR) is 131 cm³/mol. The molecule has 1 amide bonds. The fourth-order valence-electron chi connectivity index (χ4n) is 5.46. The zero-order valence-corrected chi connectivity index (χ0v) is 19.3. The molecule has 178 valence electrons. The van der Waals surface area contributed by atoms with Crippen molar-refractivity contribution < 1.29 is 23.9 Å². The van der Waals surface area contributed by atoms with Crippen LogP contribution in [0.4, 0.5) is 5.69 Å². The smallest absolute Gasteiger partial charge is 0.310 e. The highest BCUT2D eigenvalue weighted by atomic mass is 16.5. The topological polar surface area (TPSA) is 81.7 Å². The van der Waals surface area contributed by atoms with Gasteiger partial charge in [-0.2, -0.15) is 0 Å². The molecule has 0 aromatic heterocycles. The maximum atomic E-state index is 13.2. The number of amides is 1. The molecule has 2 bridgehead atoms. The van der Waals surface area contributed by atoms with Gasteiger partial charge in [0, 0.05) is 17.2 Å². The molecule has 0 heterocycles. The lowest BCUT2D eigenvalue weighted by Gasteiger charge is -2.28. The molecule has 5 rings (SSSR count). The number of ether oxygens (including phenoxy) is 2. The van der Waals surface area contributed by atoms with E-state index in [0.29, 0.717) is 17.0 Å². The molecule has 0 aliphatic heterocycles. The third-order valence-electron chi connectivity index (χ3n) is 7.01. The second-order valence-electron chi connectivity index (χ2n) is 9.21. The zero-order valence-electron chi connectivity index (χ0n) is 19.3. The maximum Gasteiger partial charge on any atom is 0.310 e. The average molecular weight is 470 g/mol. The molecule has 4 atom stereocenters. The second-order valence-corrected chi connectivity index (χ2v) is 9.21. The summed E-state index contributed by atoms with van der Waals surface area (Å²) in [7, 11) is 0. The molecule has 6 nitrogen and oxygen atoms in total. The minimum Gasteiger partial charge on any atom is -0.457 e. The lowest BCUT2D eigenvalue weighted by Crippen LogP contribution is -2.37. The van der Waals surface area contributed by atoms with E-state index in [-0.39, 0.29) is 30.1 Å². The summed E-state index contributed by atoms with van der Waals surface area (Å²) in [6.45, 7) is -0.388. The summed E-state index contributed by atoms with van der Waals surface area (Å²) in [6.07, 6.45) is 2.75. The molecule has 0 unspecified atom stereocenters. The van der Waals surface area contributed by atoms with Crippen LogP contribution in [0.25, 0.3) is 0 Å². The van der Waals surface area contributed by atoms with E-state index in [9.17, 15) is 14.4 Å². The van der Waals surface area contributed by atoms with Gasteiger partial charge in [-0.05, 0) is 67.5 Å². The van der Waals surface area contributed by atoms with Crippen LogP contribution >= 0.6 is 0 Å². The fraction of sp³-hybridized carbons (Fsp3) is 0.276. The first-order chi connectivity index (χ1) is 17.1. The summed E-state index contributed by atoms with van der Waals surface area (Å²) in [5.74, 6) is -0.0139. The Morgan fingerprint density at radius 2 is 1.34 bits per heavy atom. The molecule has 3 aromatic carbocycles. The molecule has 2 fully saturated rings. The molecule has 0 radical (unpaired) electrons. The van der Waals surface area contributed by atoms with Gasteiger partial charge in [-0.1, -0.05) is 48.5 Å². The van der Waals surface area contributed by atoms with E-state index in [0.717, 1.165) is 25.0 Å². The van der Waals surface area contributed by atoms with Crippen LogP contribution in [0.2, 0.25) is 0 Å². The summed E-state index contributed by atoms with van der Waals surface area (Å²) in [5.41, 5.74) is 1.20. The SMILES string of the molecule is O=C(COC(=O)[C@H]1[C@H]2CC[C@@H](C2)[C@H]1C(=O)c1ccccc1)Nc1ccc(Oc2ccccc2)cc1. The van der Waals surface area contributed by atoms with Crippen LogP contribution in [-0.2, 0) is 14.3 Å². The van der Waals surface area contributed by atoms with Gasteiger partial charge in [0.2, 0.25) is 0 Å². The highest BCUT2D eigenvalue weighted by molar-refractivity contribution is 6.01. The van der Waals surface area contributed by atoms with Crippen molar-refractivity contribution in [1.29, 1.82) is 0 Å². The molecule has 6 heteroatoms. The van der Waals surface area contributed by atoms with E-state index in [4.69, 9.17) is 9.47 Å². The van der Waals surface area contributed by atoms with Gasteiger partial charge in [0.05, 0.1) is 5.92 Å². The number of carbonyl (C=O) groups excluding carboxylic acids is 3. The van der Waals surface area contributed by atoms with Crippen LogP contribution in [0.3, 0.4) is 0 Å². The van der Waals surface area contributed by atoms with Crippen molar-refractivity contribution in [2.24, 2.45) is 23.7 Å². The van der Waals surface area contributed by atoms with E-state index in [1.165, 1.54) is 0 Å². The molecular formula is C29H27NO5. The number of hydrogen-bond acceptors (Lipinski definition) is 5. The highest BCUT2D eigenvalue weighted by Crippen LogP contribution is 2.53. The van der Waals surface area contributed by atoms with Gasteiger partial charge in [0.1, 0.15) is 11.5 Å². The molecule has 2 aliphatic carbocycles. The van der Waals surface area contributed by atoms with Crippen LogP contribution in [0, 0.1) is 23.7 Å². The van der Waals surface area contributed by atoms with Crippen molar-refractivity contribution in [3.8, 4) is 11.5 Å². The largest absolute Gasteiger partial charge is 0.457 e. The third kappa shape index (κ3) is 5.11. The standard InChI is InChI=1S/C29H27NO5/c31-25(30-22-13-15-24(16-14-22)35-23-9-5-2-6-10-23)18-34-29(33)27-21-12-11-20(17-21)26(27)28(32)19-7-3-1-4-8-19/h1-10,13-16,20-21,26-27H,11-12,17-18H2,(H,30,31)/t20-,21-,26+,27-/m0/s1. The monoisotopic (exact) mass is 469 g/mol. The van der Waals surface area contributed by atoms with Crippen molar-refractivity contribution >= 4 is 23.3 Å². The number of esters is 1. The molecule has 1 N–H and O–H groups in total. The molecule has 2 aliphatic rings. The van der Waals surface area contributed by atoms with Crippen LogP contribution in [0.1, 0.15) is 29.6 Å². The minimum absolute atomic E-state index is 0.00186. The van der Waals surface area contributed by atoms with Gasteiger partial charge < -0.3 is 14.8 Å². The van der Waals surface area contributed by atoms with Crippen LogP contribution in [-0.4, -0.2) is 24.3 Å². The number of ketones is 1. The average Bonchev–Trinajstić information content (AvgIpc) is 3.51. The van der Waals surface area contributed by atoms with Crippen molar-refractivity contribution in [2.75, 3.05) is 11.9 Å². The number of hydrogen-bond donors (Lipinski definition) is 1. The first-order valence-corrected chi connectivity index (χ1v) is 12.0. The lowest BCUT2D eigenvalue weighted by atomic mass is 9.75. The molecule has 2 saturated carbocycles. The zero-order chi connectivity index (χ0) is 24.2. The molecule has 3 aromatic rings. The van der Waals surface area contributed by atoms with Crippen LogP contribution in [0.5, 0.6) is 11.5 Å². The Hall–Kier alpha value is -3.93. The maximum absolute atomic E-state index is 13.2. The molecular weight excluding hydrogens is 442 g/mol. The summed E-state index contributed by atoms with van der Waals surface area (Å²) in [4.78, 5) is 38.6. The van der Waals surface area contributed by atoms with E-state index < -0.39 is 17.8 Å². The Bertz CT molecular complexity index is 1190. The Morgan fingerprint density at radius 3 is 2.03 bits per heavy atom. The van der Waals surface area contributed by atoms with Gasteiger partial charge in [-0.15, -0.1) is 0 Å². The third-order valence-corrected chi connectivity index (χ3v) is 7.01.